The number of carbonyl (C=O) groups excluding carboxylic acids is 2. The normalized spacial score (nSPS) is 13.2. The molecule has 1 aromatic heterocycles. The standard InChI is InChI=1S/C19H16BrN5O4S/c1-12(26)24-8-7-14-9-15(20)18(10-17(14)24)30(28,29)22-19(27)25-11-16(21-23-25)13-5-3-2-4-6-13/h2-6,9-11H,7-8H2,1H3,(H,22,27). The summed E-state index contributed by atoms with van der Waals surface area (Å²) in [6, 6.07) is 11.1. The van der Waals surface area contributed by atoms with E-state index in [4.69, 9.17) is 0 Å². The summed E-state index contributed by atoms with van der Waals surface area (Å²) in [6.07, 6.45) is 1.97. The maximum atomic E-state index is 12.9. The van der Waals surface area contributed by atoms with Crippen LogP contribution in [-0.2, 0) is 21.2 Å². The van der Waals surface area contributed by atoms with Gasteiger partial charge in [-0.05, 0) is 40.0 Å². The SMILES string of the molecule is CC(=O)N1CCc2cc(Br)c(S(=O)(=O)NC(=O)n3cc(-c4ccccc4)nn3)cc21. The molecular formula is C19H16BrN5O4S. The minimum atomic E-state index is -4.24. The first kappa shape index (κ1) is 20.2. The Balaban J connectivity index is 1.61. The van der Waals surface area contributed by atoms with Gasteiger partial charge >= 0.3 is 6.03 Å². The molecule has 2 aromatic carbocycles. The third-order valence-electron chi connectivity index (χ3n) is 4.69. The predicted octanol–water partition coefficient (Wildman–Crippen LogP) is 2.56. The Bertz CT molecular complexity index is 1260. The van der Waals surface area contributed by atoms with E-state index >= 15 is 0 Å². The summed E-state index contributed by atoms with van der Waals surface area (Å²) in [5, 5.41) is 7.62. The van der Waals surface area contributed by atoms with Crippen LogP contribution in [0.1, 0.15) is 12.5 Å². The average molecular weight is 490 g/mol. The third kappa shape index (κ3) is 3.73. The molecule has 1 aliphatic heterocycles. The number of hydrogen-bond acceptors (Lipinski definition) is 6. The van der Waals surface area contributed by atoms with Gasteiger partial charge in [0.2, 0.25) is 5.91 Å². The number of nitrogens with one attached hydrogen (secondary N) is 1. The second kappa shape index (κ2) is 7.65. The summed E-state index contributed by atoms with van der Waals surface area (Å²) in [5.41, 5.74) is 2.54. The lowest BCUT2D eigenvalue weighted by Crippen LogP contribution is -2.35. The zero-order valence-corrected chi connectivity index (χ0v) is 18.1. The molecule has 1 N–H and O–H groups in total. The van der Waals surface area contributed by atoms with Gasteiger partial charge in [-0.15, -0.1) is 5.10 Å². The Morgan fingerprint density at radius 2 is 1.90 bits per heavy atom. The highest BCUT2D eigenvalue weighted by Crippen LogP contribution is 2.35. The van der Waals surface area contributed by atoms with Crippen molar-refractivity contribution in [2.45, 2.75) is 18.2 Å². The maximum absolute atomic E-state index is 12.9. The van der Waals surface area contributed by atoms with Crippen molar-refractivity contribution in [3.63, 3.8) is 0 Å². The van der Waals surface area contributed by atoms with Crippen molar-refractivity contribution in [1.82, 2.24) is 19.7 Å². The number of anilines is 1. The monoisotopic (exact) mass is 489 g/mol. The number of sulfonamides is 1. The number of fused-ring (bicyclic) bond motifs is 1. The lowest BCUT2D eigenvalue weighted by atomic mass is 10.2. The van der Waals surface area contributed by atoms with E-state index in [0.717, 1.165) is 15.8 Å². The molecule has 0 saturated carbocycles. The Labute approximate surface area is 180 Å². The van der Waals surface area contributed by atoms with E-state index in [-0.39, 0.29) is 10.8 Å². The fourth-order valence-electron chi connectivity index (χ4n) is 3.24. The number of halogens is 1. The fourth-order valence-corrected chi connectivity index (χ4v) is 5.29. The molecule has 3 aromatic rings. The molecule has 0 saturated heterocycles. The highest BCUT2D eigenvalue weighted by molar-refractivity contribution is 9.10. The van der Waals surface area contributed by atoms with Crippen molar-refractivity contribution in [2.24, 2.45) is 0 Å². The first-order valence-corrected chi connectivity index (χ1v) is 11.2. The van der Waals surface area contributed by atoms with Gasteiger partial charge in [0.15, 0.2) is 0 Å². The number of aromatic nitrogens is 3. The van der Waals surface area contributed by atoms with Crippen molar-refractivity contribution < 1.29 is 18.0 Å². The zero-order chi connectivity index (χ0) is 21.5. The van der Waals surface area contributed by atoms with Gasteiger partial charge in [0.25, 0.3) is 10.0 Å². The molecule has 9 nitrogen and oxygen atoms in total. The molecule has 0 bridgehead atoms. The van der Waals surface area contributed by atoms with Crippen LogP contribution in [0.2, 0.25) is 0 Å². The van der Waals surface area contributed by atoms with Crippen LogP contribution in [0.25, 0.3) is 11.3 Å². The average Bonchev–Trinajstić information content (AvgIpc) is 3.35. The molecule has 0 spiro atoms. The van der Waals surface area contributed by atoms with E-state index in [9.17, 15) is 18.0 Å². The quantitative estimate of drug-likeness (QED) is 0.604. The third-order valence-corrected chi connectivity index (χ3v) is 6.97. The summed E-state index contributed by atoms with van der Waals surface area (Å²) in [4.78, 5) is 25.7. The topological polar surface area (TPSA) is 114 Å². The van der Waals surface area contributed by atoms with Gasteiger partial charge < -0.3 is 4.90 Å². The molecule has 11 heteroatoms. The molecule has 4 rings (SSSR count). The Morgan fingerprint density at radius 3 is 2.60 bits per heavy atom. The molecule has 2 amide bonds. The van der Waals surface area contributed by atoms with Crippen LogP contribution >= 0.6 is 15.9 Å². The zero-order valence-electron chi connectivity index (χ0n) is 15.7. The number of rotatable bonds is 3. The number of benzene rings is 2. The van der Waals surface area contributed by atoms with Crippen molar-refractivity contribution >= 4 is 43.6 Å². The molecular weight excluding hydrogens is 474 g/mol. The van der Waals surface area contributed by atoms with Crippen molar-refractivity contribution in [3.05, 3.63) is 58.7 Å². The summed E-state index contributed by atoms with van der Waals surface area (Å²) < 4.78 is 28.8. The molecule has 0 radical (unpaired) electrons. The largest absolute Gasteiger partial charge is 0.357 e. The number of amides is 2. The van der Waals surface area contributed by atoms with Crippen LogP contribution < -0.4 is 9.62 Å². The molecule has 1 aliphatic rings. The van der Waals surface area contributed by atoms with E-state index in [1.807, 2.05) is 22.9 Å². The van der Waals surface area contributed by atoms with Gasteiger partial charge in [0.1, 0.15) is 10.6 Å². The van der Waals surface area contributed by atoms with E-state index in [1.54, 1.807) is 18.2 Å². The molecule has 0 unspecified atom stereocenters. The van der Waals surface area contributed by atoms with Crippen molar-refractivity contribution in [2.75, 3.05) is 11.4 Å². The lowest BCUT2D eigenvalue weighted by molar-refractivity contribution is -0.116. The molecule has 154 valence electrons. The van der Waals surface area contributed by atoms with Gasteiger partial charge in [0, 0.05) is 29.2 Å². The van der Waals surface area contributed by atoms with E-state index < -0.39 is 16.1 Å². The van der Waals surface area contributed by atoms with E-state index in [2.05, 4.69) is 26.2 Å². The van der Waals surface area contributed by atoms with Crippen molar-refractivity contribution in [1.29, 1.82) is 0 Å². The minimum absolute atomic E-state index is 0.147. The lowest BCUT2D eigenvalue weighted by Gasteiger charge is -2.16. The molecule has 0 fully saturated rings. The van der Waals surface area contributed by atoms with Crippen LogP contribution in [-0.4, -0.2) is 41.9 Å². The molecule has 2 heterocycles. The summed E-state index contributed by atoms with van der Waals surface area (Å²) in [5.74, 6) is -0.181. The molecule has 30 heavy (non-hydrogen) atoms. The van der Waals surface area contributed by atoms with Gasteiger partial charge in [-0.2, -0.15) is 4.68 Å². The first-order valence-electron chi connectivity index (χ1n) is 8.92. The Hall–Kier alpha value is -3.05. The number of hydrogen-bond donors (Lipinski definition) is 1. The predicted molar refractivity (Wildman–Crippen MR) is 112 cm³/mol. The van der Waals surface area contributed by atoms with Crippen LogP contribution in [0.15, 0.2) is 58.0 Å². The van der Waals surface area contributed by atoms with Gasteiger partial charge in [-0.1, -0.05) is 35.5 Å². The minimum Gasteiger partial charge on any atom is -0.312 e. The van der Waals surface area contributed by atoms with Gasteiger partial charge in [0.05, 0.1) is 6.20 Å². The highest BCUT2D eigenvalue weighted by Gasteiger charge is 2.29. The van der Waals surface area contributed by atoms with Crippen LogP contribution in [0.3, 0.4) is 0 Å². The summed E-state index contributed by atoms with van der Waals surface area (Å²) in [7, 11) is -4.24. The van der Waals surface area contributed by atoms with Crippen LogP contribution in [0.5, 0.6) is 0 Å². The van der Waals surface area contributed by atoms with Crippen LogP contribution in [0.4, 0.5) is 10.5 Å². The second-order valence-corrected chi connectivity index (χ2v) is 9.16. The van der Waals surface area contributed by atoms with Gasteiger partial charge in [-0.3, -0.25) is 4.79 Å². The smallest absolute Gasteiger partial charge is 0.312 e. The molecule has 0 atom stereocenters. The number of carbonyl (C=O) groups is 2. The van der Waals surface area contributed by atoms with Crippen molar-refractivity contribution in [3.8, 4) is 11.3 Å². The molecule has 0 aliphatic carbocycles. The maximum Gasteiger partial charge on any atom is 0.357 e. The Kier molecular flexibility index (Phi) is 5.16. The second-order valence-electron chi connectivity index (χ2n) is 6.66. The van der Waals surface area contributed by atoms with Crippen LogP contribution in [0, 0.1) is 0 Å². The highest BCUT2D eigenvalue weighted by atomic mass is 79.9. The Morgan fingerprint density at radius 1 is 1.17 bits per heavy atom. The summed E-state index contributed by atoms with van der Waals surface area (Å²) in [6.45, 7) is 1.90. The van der Waals surface area contributed by atoms with Gasteiger partial charge in [-0.25, -0.2) is 17.9 Å². The van der Waals surface area contributed by atoms with E-state index in [1.165, 1.54) is 24.1 Å². The number of nitrogens with zero attached hydrogens (tertiary/aromatic N) is 4. The fraction of sp³-hybridized carbons (Fsp3) is 0.158. The summed E-state index contributed by atoms with van der Waals surface area (Å²) >= 11 is 3.25. The first-order chi connectivity index (χ1) is 14.3. The van der Waals surface area contributed by atoms with E-state index in [0.29, 0.717) is 28.8 Å².